The first-order valence-electron chi connectivity index (χ1n) is 6.41. The van der Waals surface area contributed by atoms with Crippen LogP contribution in [0.1, 0.15) is 43.1 Å². The van der Waals surface area contributed by atoms with E-state index in [1.165, 1.54) is 0 Å². The second-order valence-corrected chi connectivity index (χ2v) is 7.92. The third kappa shape index (κ3) is 3.42. The van der Waals surface area contributed by atoms with E-state index in [0.29, 0.717) is 0 Å². The van der Waals surface area contributed by atoms with Crippen LogP contribution in [0.4, 0.5) is 0 Å². The van der Waals surface area contributed by atoms with Crippen LogP contribution in [-0.4, -0.2) is 12.0 Å². The molecule has 0 aliphatic rings. The summed E-state index contributed by atoms with van der Waals surface area (Å²) in [5, 5.41) is 7.22. The molecule has 0 spiro atoms. The molecule has 20 heavy (non-hydrogen) atoms. The summed E-state index contributed by atoms with van der Waals surface area (Å²) in [6.07, 6.45) is 0. The molecule has 0 amide bonds. The number of nitrogens with zero attached hydrogens (tertiary/aromatic N) is 1. The Hall–Kier alpha value is -0.420. The molecule has 1 atom stereocenters. The third-order valence-corrected chi connectivity index (χ3v) is 4.83. The molecule has 2 nitrogen and oxygen atoms in total. The number of halogens is 2. The van der Waals surface area contributed by atoms with Crippen molar-refractivity contribution in [1.29, 1.82) is 0 Å². The smallest absolute Gasteiger partial charge is 0.114 e. The molecule has 0 bridgehead atoms. The molecule has 0 aliphatic heterocycles. The van der Waals surface area contributed by atoms with Crippen molar-refractivity contribution in [3.63, 3.8) is 0 Å². The number of benzene rings is 1. The van der Waals surface area contributed by atoms with Gasteiger partial charge in [0.1, 0.15) is 5.01 Å². The molecule has 0 aliphatic carbocycles. The van der Waals surface area contributed by atoms with Crippen LogP contribution in [0.2, 0.25) is 5.02 Å². The van der Waals surface area contributed by atoms with Gasteiger partial charge in [0.15, 0.2) is 0 Å². The minimum atomic E-state index is 0.0247. The van der Waals surface area contributed by atoms with Crippen LogP contribution >= 0.6 is 38.9 Å². The van der Waals surface area contributed by atoms with Crippen LogP contribution in [-0.2, 0) is 5.41 Å². The van der Waals surface area contributed by atoms with Crippen molar-refractivity contribution in [3.05, 3.63) is 49.3 Å². The predicted molar refractivity (Wildman–Crippen MR) is 90.9 cm³/mol. The highest BCUT2D eigenvalue weighted by Crippen LogP contribution is 2.33. The van der Waals surface area contributed by atoms with E-state index < -0.39 is 0 Å². The first-order valence-corrected chi connectivity index (χ1v) is 8.46. The van der Waals surface area contributed by atoms with Gasteiger partial charge in [-0.1, -0.05) is 54.4 Å². The highest BCUT2D eigenvalue weighted by Gasteiger charge is 2.22. The summed E-state index contributed by atoms with van der Waals surface area (Å²) in [5.74, 6) is 0. The second kappa shape index (κ2) is 6.14. The summed E-state index contributed by atoms with van der Waals surface area (Å²) in [4.78, 5) is 4.78. The van der Waals surface area contributed by atoms with Crippen LogP contribution in [0.3, 0.4) is 0 Å². The van der Waals surface area contributed by atoms with Gasteiger partial charge in [0.25, 0.3) is 0 Å². The van der Waals surface area contributed by atoms with E-state index in [4.69, 9.17) is 16.6 Å². The van der Waals surface area contributed by atoms with Gasteiger partial charge in [-0.25, -0.2) is 4.98 Å². The van der Waals surface area contributed by atoms with Crippen LogP contribution in [0, 0.1) is 0 Å². The first kappa shape index (κ1) is 16.0. The van der Waals surface area contributed by atoms with Crippen molar-refractivity contribution in [2.75, 3.05) is 7.05 Å². The molecular weight excluding hydrogens is 356 g/mol. The van der Waals surface area contributed by atoms with Gasteiger partial charge in [0.05, 0.1) is 11.7 Å². The highest BCUT2D eigenvalue weighted by molar-refractivity contribution is 9.10. The van der Waals surface area contributed by atoms with E-state index >= 15 is 0 Å². The monoisotopic (exact) mass is 372 g/mol. The van der Waals surface area contributed by atoms with E-state index in [2.05, 4.69) is 47.4 Å². The summed E-state index contributed by atoms with van der Waals surface area (Å²) >= 11 is 11.5. The Morgan fingerprint density at radius 3 is 2.55 bits per heavy atom. The molecule has 1 N–H and O–H groups in total. The lowest BCUT2D eigenvalue weighted by Gasteiger charge is -2.17. The summed E-state index contributed by atoms with van der Waals surface area (Å²) in [6.45, 7) is 6.52. The summed E-state index contributed by atoms with van der Waals surface area (Å²) in [6, 6.07) is 5.98. The van der Waals surface area contributed by atoms with Gasteiger partial charge in [-0.15, -0.1) is 11.3 Å². The number of rotatable bonds is 3. The van der Waals surface area contributed by atoms with Gasteiger partial charge >= 0.3 is 0 Å². The molecule has 0 saturated carbocycles. The highest BCUT2D eigenvalue weighted by atomic mass is 79.9. The molecule has 1 unspecified atom stereocenters. The SMILES string of the molecule is CNC(c1nc(C(C)(C)C)cs1)c1ccc(Br)cc1Cl. The Balaban J connectivity index is 2.40. The summed E-state index contributed by atoms with van der Waals surface area (Å²) in [7, 11) is 1.93. The Morgan fingerprint density at radius 2 is 2.05 bits per heavy atom. The van der Waals surface area contributed by atoms with E-state index in [-0.39, 0.29) is 11.5 Å². The molecule has 0 radical (unpaired) electrons. The maximum absolute atomic E-state index is 6.36. The van der Waals surface area contributed by atoms with Crippen molar-refractivity contribution < 1.29 is 0 Å². The zero-order chi connectivity index (χ0) is 14.9. The quantitative estimate of drug-likeness (QED) is 0.803. The summed E-state index contributed by atoms with van der Waals surface area (Å²) < 4.78 is 0.982. The molecule has 2 aromatic rings. The zero-order valence-electron chi connectivity index (χ0n) is 12.0. The average Bonchev–Trinajstić information content (AvgIpc) is 2.82. The first-order chi connectivity index (χ1) is 9.32. The van der Waals surface area contributed by atoms with Crippen LogP contribution < -0.4 is 5.32 Å². The molecule has 1 aromatic carbocycles. The van der Waals surface area contributed by atoms with Gasteiger partial charge in [0, 0.05) is 20.3 Å². The van der Waals surface area contributed by atoms with E-state index in [0.717, 1.165) is 25.8 Å². The third-order valence-electron chi connectivity index (χ3n) is 3.10. The Morgan fingerprint density at radius 1 is 1.35 bits per heavy atom. The standard InChI is InChI=1S/C15H18BrClN2S/c1-15(2,3)12-8-20-14(19-12)13(18-4)10-6-5-9(16)7-11(10)17/h5-8,13,18H,1-4H3. The van der Waals surface area contributed by atoms with Crippen molar-refractivity contribution >= 4 is 38.9 Å². The number of hydrogen-bond acceptors (Lipinski definition) is 3. The fourth-order valence-corrected chi connectivity index (χ4v) is 3.87. The fourth-order valence-electron chi connectivity index (χ4n) is 1.91. The molecule has 0 saturated heterocycles. The normalized spacial score (nSPS) is 13.5. The molecule has 108 valence electrons. The largest absolute Gasteiger partial charge is 0.307 e. The molecule has 2 rings (SSSR count). The lowest BCUT2D eigenvalue weighted by Crippen LogP contribution is -2.19. The molecule has 0 fully saturated rings. The van der Waals surface area contributed by atoms with E-state index in [9.17, 15) is 0 Å². The van der Waals surface area contributed by atoms with Crippen molar-refractivity contribution in [3.8, 4) is 0 Å². The molecule has 1 heterocycles. The topological polar surface area (TPSA) is 24.9 Å². The van der Waals surface area contributed by atoms with Gasteiger partial charge in [-0.05, 0) is 24.7 Å². The zero-order valence-corrected chi connectivity index (χ0v) is 15.2. The lowest BCUT2D eigenvalue weighted by molar-refractivity contribution is 0.566. The van der Waals surface area contributed by atoms with Crippen LogP contribution in [0.25, 0.3) is 0 Å². The van der Waals surface area contributed by atoms with Crippen molar-refractivity contribution in [2.24, 2.45) is 0 Å². The molecular formula is C15H18BrClN2S. The van der Waals surface area contributed by atoms with E-state index in [1.54, 1.807) is 11.3 Å². The lowest BCUT2D eigenvalue weighted by atomic mass is 9.93. The molecule has 5 heteroatoms. The fraction of sp³-hybridized carbons (Fsp3) is 0.400. The van der Waals surface area contributed by atoms with Crippen molar-refractivity contribution in [1.82, 2.24) is 10.3 Å². The van der Waals surface area contributed by atoms with Gasteiger partial charge < -0.3 is 5.32 Å². The number of hydrogen-bond donors (Lipinski definition) is 1. The van der Waals surface area contributed by atoms with Gasteiger partial charge in [-0.2, -0.15) is 0 Å². The summed E-state index contributed by atoms with van der Waals surface area (Å²) in [5.41, 5.74) is 2.23. The Bertz CT molecular complexity index is 604. The molecule has 1 aromatic heterocycles. The predicted octanol–water partition coefficient (Wildman–Crippen LogP) is 5.17. The van der Waals surface area contributed by atoms with Gasteiger partial charge in [0.2, 0.25) is 0 Å². The van der Waals surface area contributed by atoms with Gasteiger partial charge in [-0.3, -0.25) is 0 Å². The maximum atomic E-state index is 6.36. The second-order valence-electron chi connectivity index (χ2n) is 5.71. The van der Waals surface area contributed by atoms with Crippen LogP contribution in [0.5, 0.6) is 0 Å². The van der Waals surface area contributed by atoms with E-state index in [1.807, 2.05) is 25.2 Å². The number of thiazole rings is 1. The van der Waals surface area contributed by atoms with Crippen LogP contribution in [0.15, 0.2) is 28.1 Å². The minimum absolute atomic E-state index is 0.0247. The number of aromatic nitrogens is 1. The van der Waals surface area contributed by atoms with Crippen molar-refractivity contribution in [2.45, 2.75) is 32.2 Å². The Labute approximate surface area is 137 Å². The number of nitrogens with one attached hydrogen (secondary N) is 1. The minimum Gasteiger partial charge on any atom is -0.307 e. The Kier molecular flexibility index (Phi) is 4.90. The average molecular weight is 374 g/mol. The maximum Gasteiger partial charge on any atom is 0.114 e.